The summed E-state index contributed by atoms with van der Waals surface area (Å²) in [4.78, 5) is 14.7. The fourth-order valence-corrected chi connectivity index (χ4v) is 2.08. The molecule has 0 unspecified atom stereocenters. The second-order valence-corrected chi connectivity index (χ2v) is 4.80. The highest BCUT2D eigenvalue weighted by Gasteiger charge is 2.14. The molecule has 0 bridgehead atoms. The molecule has 16 heavy (non-hydrogen) atoms. The van der Waals surface area contributed by atoms with Crippen LogP contribution in [0.1, 0.15) is 18.5 Å². The van der Waals surface area contributed by atoms with Crippen LogP contribution < -0.4 is 16.1 Å². The molecule has 3 rings (SSSR count). The Bertz CT molecular complexity index is 698. The summed E-state index contributed by atoms with van der Waals surface area (Å²) < 4.78 is 0.978. The van der Waals surface area contributed by atoms with Gasteiger partial charge in [-0.05, 0) is 46.5 Å². The molecule has 3 N–H and O–H groups in total. The van der Waals surface area contributed by atoms with Crippen molar-refractivity contribution in [2.45, 2.75) is 12.8 Å². The summed E-state index contributed by atoms with van der Waals surface area (Å²) in [6, 6.07) is 1.94. The quantitative estimate of drug-likeness (QED) is 0.702. The van der Waals surface area contributed by atoms with E-state index >= 15 is 0 Å². The minimum Gasteiger partial charge on any atom is -0.361 e. The number of aromatic nitrogens is 3. The number of H-pyrrole nitrogens is 3. The van der Waals surface area contributed by atoms with E-state index in [0.29, 0.717) is 5.22 Å². The van der Waals surface area contributed by atoms with Crippen LogP contribution >= 0.6 is 15.9 Å². The largest absolute Gasteiger partial charge is 0.361 e. The van der Waals surface area contributed by atoms with E-state index in [9.17, 15) is 4.79 Å². The molecule has 1 saturated carbocycles. The number of hydrogen-bond donors (Lipinski definition) is 3. The number of rotatable bonds is 1. The molecule has 0 aromatic carbocycles. The third-order valence-corrected chi connectivity index (χ3v) is 3.10. The van der Waals surface area contributed by atoms with Gasteiger partial charge in [0.1, 0.15) is 0 Å². The van der Waals surface area contributed by atoms with E-state index < -0.39 is 0 Å². The average Bonchev–Trinajstić information content (AvgIpc) is 2.93. The molecule has 5 heteroatoms. The SMILES string of the molecule is O=c1[nH][nH]c(=C2CC2)c1=Cc1cc(Br)c[nH]1. The van der Waals surface area contributed by atoms with Crippen LogP contribution in [-0.2, 0) is 0 Å². The summed E-state index contributed by atoms with van der Waals surface area (Å²) in [6.07, 6.45) is 5.88. The first-order valence-corrected chi connectivity index (χ1v) is 5.88. The molecule has 1 fully saturated rings. The molecule has 0 spiro atoms. The monoisotopic (exact) mass is 279 g/mol. The van der Waals surface area contributed by atoms with Crippen molar-refractivity contribution in [2.24, 2.45) is 0 Å². The Kier molecular flexibility index (Phi) is 2.14. The molecular weight excluding hydrogens is 270 g/mol. The Labute approximate surface area is 99.2 Å². The van der Waals surface area contributed by atoms with Crippen LogP contribution in [0.2, 0.25) is 0 Å². The maximum atomic E-state index is 11.6. The van der Waals surface area contributed by atoms with E-state index in [1.165, 1.54) is 5.57 Å². The van der Waals surface area contributed by atoms with Gasteiger partial charge in [0.25, 0.3) is 5.56 Å². The molecule has 0 saturated heterocycles. The zero-order valence-electron chi connectivity index (χ0n) is 8.43. The molecule has 1 aliphatic rings. The van der Waals surface area contributed by atoms with Crippen LogP contribution in [0.5, 0.6) is 0 Å². The van der Waals surface area contributed by atoms with Crippen molar-refractivity contribution in [3.63, 3.8) is 0 Å². The lowest BCUT2D eigenvalue weighted by molar-refractivity contribution is 1.03. The fourth-order valence-electron chi connectivity index (χ4n) is 1.72. The lowest BCUT2D eigenvalue weighted by Crippen LogP contribution is -2.33. The van der Waals surface area contributed by atoms with Gasteiger partial charge in [0.15, 0.2) is 0 Å². The minimum atomic E-state index is -0.0693. The van der Waals surface area contributed by atoms with Crippen LogP contribution in [0.25, 0.3) is 11.6 Å². The van der Waals surface area contributed by atoms with Crippen LogP contribution in [0, 0.1) is 0 Å². The molecule has 0 aliphatic heterocycles. The van der Waals surface area contributed by atoms with Crippen molar-refractivity contribution < 1.29 is 0 Å². The lowest BCUT2D eigenvalue weighted by Gasteiger charge is -1.81. The third kappa shape index (κ3) is 1.67. The van der Waals surface area contributed by atoms with Gasteiger partial charge in [0.05, 0.1) is 10.6 Å². The Hall–Kier alpha value is -1.49. The summed E-state index contributed by atoms with van der Waals surface area (Å²) in [6.45, 7) is 0. The molecule has 0 amide bonds. The Morgan fingerprint density at radius 3 is 2.75 bits per heavy atom. The van der Waals surface area contributed by atoms with E-state index in [0.717, 1.165) is 28.4 Å². The zero-order valence-corrected chi connectivity index (χ0v) is 10.0. The summed E-state index contributed by atoms with van der Waals surface area (Å²) in [7, 11) is 0. The molecule has 2 aromatic heterocycles. The van der Waals surface area contributed by atoms with Gasteiger partial charge in [-0.1, -0.05) is 0 Å². The van der Waals surface area contributed by atoms with Crippen LogP contribution in [0.3, 0.4) is 0 Å². The van der Waals surface area contributed by atoms with Crippen molar-refractivity contribution in [3.8, 4) is 0 Å². The third-order valence-electron chi connectivity index (χ3n) is 2.64. The highest BCUT2D eigenvalue weighted by atomic mass is 79.9. The van der Waals surface area contributed by atoms with Crippen molar-refractivity contribution in [1.82, 2.24) is 15.2 Å². The van der Waals surface area contributed by atoms with Crippen LogP contribution in [-0.4, -0.2) is 15.2 Å². The molecular formula is C11H10BrN3O. The summed E-state index contributed by atoms with van der Waals surface area (Å²) in [5.41, 5.74) is 2.16. The van der Waals surface area contributed by atoms with E-state index in [-0.39, 0.29) is 5.56 Å². The maximum absolute atomic E-state index is 11.6. The average molecular weight is 280 g/mol. The standard InChI is InChI=1S/C11H10BrN3O/c12-7-3-8(13-5-7)4-9-10(6-1-2-6)14-15-11(9)16/h3-5,13-14H,1-2H2,(H,15,16). The number of nitrogens with one attached hydrogen (secondary N) is 3. The summed E-state index contributed by atoms with van der Waals surface area (Å²) >= 11 is 3.36. The first kappa shape index (κ1) is 9.72. The van der Waals surface area contributed by atoms with Gasteiger partial charge in [-0.15, -0.1) is 0 Å². The van der Waals surface area contributed by atoms with E-state index in [1.807, 2.05) is 18.3 Å². The van der Waals surface area contributed by atoms with Gasteiger partial charge >= 0.3 is 0 Å². The van der Waals surface area contributed by atoms with Gasteiger partial charge in [-0.25, -0.2) is 0 Å². The van der Waals surface area contributed by atoms with Crippen molar-refractivity contribution >= 4 is 27.6 Å². The molecule has 0 atom stereocenters. The molecule has 4 nitrogen and oxygen atoms in total. The van der Waals surface area contributed by atoms with Crippen molar-refractivity contribution in [2.75, 3.05) is 0 Å². The minimum absolute atomic E-state index is 0.0693. The van der Waals surface area contributed by atoms with Crippen LogP contribution in [0.15, 0.2) is 21.5 Å². The van der Waals surface area contributed by atoms with E-state index in [2.05, 4.69) is 31.1 Å². The highest BCUT2D eigenvalue weighted by Crippen LogP contribution is 2.26. The number of aromatic amines is 3. The first-order valence-electron chi connectivity index (χ1n) is 5.08. The van der Waals surface area contributed by atoms with Crippen molar-refractivity contribution in [3.05, 3.63) is 43.4 Å². The predicted octanol–water partition coefficient (Wildman–Crippen LogP) is 0.567. The van der Waals surface area contributed by atoms with Gasteiger partial charge in [0.2, 0.25) is 0 Å². The topological polar surface area (TPSA) is 64.4 Å². The van der Waals surface area contributed by atoms with Gasteiger partial charge in [-0.3, -0.25) is 15.0 Å². The second-order valence-electron chi connectivity index (χ2n) is 3.89. The van der Waals surface area contributed by atoms with Crippen molar-refractivity contribution in [1.29, 1.82) is 0 Å². The van der Waals surface area contributed by atoms with E-state index in [1.54, 1.807) is 0 Å². The Morgan fingerprint density at radius 1 is 1.31 bits per heavy atom. The van der Waals surface area contributed by atoms with Crippen LogP contribution in [0.4, 0.5) is 0 Å². The zero-order chi connectivity index (χ0) is 11.1. The molecule has 2 heterocycles. The normalized spacial score (nSPS) is 15.8. The second kappa shape index (κ2) is 3.52. The summed E-state index contributed by atoms with van der Waals surface area (Å²) in [5, 5.41) is 7.22. The smallest absolute Gasteiger partial charge is 0.271 e. The number of halogens is 1. The predicted molar refractivity (Wildman–Crippen MR) is 65.4 cm³/mol. The highest BCUT2D eigenvalue weighted by molar-refractivity contribution is 9.10. The molecule has 82 valence electrons. The molecule has 0 radical (unpaired) electrons. The fraction of sp³-hybridized carbons (Fsp3) is 0.182. The maximum Gasteiger partial charge on any atom is 0.271 e. The van der Waals surface area contributed by atoms with E-state index in [4.69, 9.17) is 0 Å². The Balaban J connectivity index is 2.27. The molecule has 1 aliphatic carbocycles. The Morgan fingerprint density at radius 2 is 2.12 bits per heavy atom. The van der Waals surface area contributed by atoms with Gasteiger partial charge in [-0.2, -0.15) is 0 Å². The van der Waals surface area contributed by atoms with Gasteiger partial charge < -0.3 is 4.98 Å². The van der Waals surface area contributed by atoms with Gasteiger partial charge in [0, 0.05) is 16.4 Å². The summed E-state index contributed by atoms with van der Waals surface area (Å²) in [5.74, 6) is 0. The number of hydrogen-bond acceptors (Lipinski definition) is 1. The molecule has 2 aromatic rings. The lowest BCUT2D eigenvalue weighted by atomic mass is 10.3. The first-order chi connectivity index (χ1) is 7.74.